The molecule has 194 valence electrons. The number of methoxy groups -OCH3 is 3. The van der Waals surface area contributed by atoms with Gasteiger partial charge in [0.05, 0.1) is 27.3 Å². The van der Waals surface area contributed by atoms with Crippen molar-refractivity contribution in [2.75, 3.05) is 47.5 Å². The zero-order valence-corrected chi connectivity index (χ0v) is 23.9. The molecule has 0 unspecified atom stereocenters. The molecule has 12 heteroatoms. The maximum Gasteiger partial charge on any atom is 1.00 e. The number of carboxylic acid groups (broad SMARTS) is 1. The van der Waals surface area contributed by atoms with Crippen molar-refractivity contribution in [3.8, 4) is 17.2 Å². The van der Waals surface area contributed by atoms with Crippen LogP contribution in [-0.2, 0) is 25.7 Å². The Balaban J connectivity index is 0.00000456. The van der Waals surface area contributed by atoms with Crippen LogP contribution in [0.4, 0.5) is 0 Å². The molecule has 0 bridgehead atoms. The molecular formula is C24H34N3NaO8. The summed E-state index contributed by atoms with van der Waals surface area (Å²) in [6.07, 6.45) is -1.91. The number of amides is 2. The Morgan fingerprint density at radius 3 is 2.17 bits per heavy atom. The maximum atomic E-state index is 13.2. The van der Waals surface area contributed by atoms with Gasteiger partial charge in [-0.05, 0) is 18.4 Å². The van der Waals surface area contributed by atoms with Gasteiger partial charge in [0.25, 0.3) is 5.91 Å². The van der Waals surface area contributed by atoms with Gasteiger partial charge in [-0.1, -0.05) is 19.9 Å². The average molecular weight is 516 g/mol. The molecule has 1 aromatic carbocycles. The molecule has 0 aliphatic carbocycles. The summed E-state index contributed by atoms with van der Waals surface area (Å²) < 4.78 is 21.2. The fraction of sp³-hybridized carbons (Fsp3) is 0.625. The minimum atomic E-state index is -1.43. The van der Waals surface area contributed by atoms with Crippen LogP contribution in [0.1, 0.15) is 25.8 Å². The molecule has 2 heterocycles. The summed E-state index contributed by atoms with van der Waals surface area (Å²) in [5.74, 6) is -0.321. The molecule has 2 fully saturated rings. The smallest absolute Gasteiger partial charge is 0.547 e. The second-order valence-electron chi connectivity index (χ2n) is 9.08. The minimum absolute atomic E-state index is 0. The van der Waals surface area contributed by atoms with Crippen LogP contribution in [0.15, 0.2) is 12.1 Å². The van der Waals surface area contributed by atoms with Crippen molar-refractivity contribution in [3.63, 3.8) is 0 Å². The normalized spacial score (nSPS) is 20.2. The topological polar surface area (TPSA) is 133 Å². The van der Waals surface area contributed by atoms with Crippen molar-refractivity contribution in [2.24, 2.45) is 5.92 Å². The number of ether oxygens (including phenoxy) is 4. The summed E-state index contributed by atoms with van der Waals surface area (Å²) in [5.41, 5.74) is 0.946. The van der Waals surface area contributed by atoms with E-state index in [0.29, 0.717) is 56.4 Å². The zero-order chi connectivity index (χ0) is 25.7. The number of benzene rings is 1. The van der Waals surface area contributed by atoms with E-state index in [1.54, 1.807) is 26.2 Å². The fourth-order valence-electron chi connectivity index (χ4n) is 4.31. The molecule has 1 N–H and O–H groups in total. The second kappa shape index (κ2) is 13.5. The van der Waals surface area contributed by atoms with E-state index in [0.717, 1.165) is 5.56 Å². The number of nitrogens with zero attached hydrogens (tertiary/aromatic N) is 2. The summed E-state index contributed by atoms with van der Waals surface area (Å²) in [5, 5.41) is 13.6. The first kappa shape index (κ1) is 30.2. The standard InChI is InChI=1S/C24H35N3O8.Na/c1-14(2)12-16(25-22(28)20-21(35-20)24(30)31)23(29)27-10-8-26(9-11-27)13-15-6-7-17(32-3)19(34-5)18(15)33-4;/h6-7,14,16,20-21H,8-13H2,1-5H3,(H,25,28)(H,30,31);/q;+1/p-1/t16-,20-,21-;/m0./s1. The van der Waals surface area contributed by atoms with Crippen molar-refractivity contribution in [3.05, 3.63) is 17.7 Å². The summed E-state index contributed by atoms with van der Waals surface area (Å²) >= 11 is 0. The molecule has 1 aromatic rings. The summed E-state index contributed by atoms with van der Waals surface area (Å²) in [4.78, 5) is 40.4. The molecule has 0 radical (unpaired) electrons. The number of hydrogen-bond acceptors (Lipinski definition) is 9. The first-order valence-electron chi connectivity index (χ1n) is 11.7. The minimum Gasteiger partial charge on any atom is -0.547 e. The van der Waals surface area contributed by atoms with Crippen LogP contribution in [0, 0.1) is 5.92 Å². The van der Waals surface area contributed by atoms with E-state index in [1.807, 2.05) is 26.0 Å². The maximum absolute atomic E-state index is 13.2. The van der Waals surface area contributed by atoms with Crippen LogP contribution >= 0.6 is 0 Å². The number of aliphatic carboxylic acids is 1. The van der Waals surface area contributed by atoms with Crippen LogP contribution in [0.2, 0.25) is 0 Å². The molecule has 0 saturated carbocycles. The number of rotatable bonds is 11. The van der Waals surface area contributed by atoms with E-state index < -0.39 is 30.1 Å². The van der Waals surface area contributed by atoms with Crippen LogP contribution in [0.25, 0.3) is 0 Å². The van der Waals surface area contributed by atoms with Gasteiger partial charge in [-0.2, -0.15) is 0 Å². The van der Waals surface area contributed by atoms with E-state index in [9.17, 15) is 19.5 Å². The average Bonchev–Trinajstić information content (AvgIpc) is 3.64. The molecule has 2 saturated heterocycles. The molecule has 2 aliphatic rings. The van der Waals surface area contributed by atoms with Gasteiger partial charge in [0.2, 0.25) is 11.7 Å². The Morgan fingerprint density at radius 1 is 1.03 bits per heavy atom. The molecule has 0 spiro atoms. The molecule has 11 nitrogen and oxygen atoms in total. The monoisotopic (exact) mass is 515 g/mol. The second-order valence-corrected chi connectivity index (χ2v) is 9.08. The predicted molar refractivity (Wildman–Crippen MR) is 123 cm³/mol. The first-order valence-corrected chi connectivity index (χ1v) is 11.7. The fourth-order valence-corrected chi connectivity index (χ4v) is 4.31. The zero-order valence-electron chi connectivity index (χ0n) is 21.9. The Labute approximate surface area is 233 Å². The van der Waals surface area contributed by atoms with Crippen LogP contribution in [-0.4, -0.2) is 93.3 Å². The number of carbonyl (C=O) groups is 3. The van der Waals surface area contributed by atoms with E-state index in [-0.39, 0.29) is 41.4 Å². The molecular weight excluding hydrogens is 481 g/mol. The van der Waals surface area contributed by atoms with Gasteiger partial charge in [0.15, 0.2) is 17.6 Å². The van der Waals surface area contributed by atoms with E-state index in [4.69, 9.17) is 18.9 Å². The molecule has 0 aromatic heterocycles. The number of hydrogen-bond donors (Lipinski definition) is 1. The number of nitrogens with one attached hydrogen (secondary N) is 1. The Hall–Kier alpha value is -2.05. The first-order chi connectivity index (χ1) is 16.7. The molecule has 2 amide bonds. The number of epoxide rings is 1. The molecule has 3 atom stereocenters. The van der Waals surface area contributed by atoms with Crippen molar-refractivity contribution in [2.45, 2.75) is 45.1 Å². The summed E-state index contributed by atoms with van der Waals surface area (Å²) in [6, 6.07) is 3.03. The quantitative estimate of drug-likeness (QED) is 0.235. The molecule has 2 aliphatic heterocycles. The van der Waals surface area contributed by atoms with Crippen LogP contribution in [0.3, 0.4) is 0 Å². The predicted octanol–water partition coefficient (Wildman–Crippen LogP) is -3.59. The van der Waals surface area contributed by atoms with Crippen molar-refractivity contribution in [1.82, 2.24) is 15.1 Å². The van der Waals surface area contributed by atoms with E-state index >= 15 is 0 Å². The van der Waals surface area contributed by atoms with Gasteiger partial charge in [-0.15, -0.1) is 0 Å². The van der Waals surface area contributed by atoms with Gasteiger partial charge < -0.3 is 39.1 Å². The van der Waals surface area contributed by atoms with E-state index in [1.165, 1.54) is 0 Å². The van der Waals surface area contributed by atoms with Crippen molar-refractivity contribution >= 4 is 17.8 Å². The van der Waals surface area contributed by atoms with Gasteiger partial charge in [-0.3, -0.25) is 14.5 Å². The van der Waals surface area contributed by atoms with E-state index in [2.05, 4.69) is 10.2 Å². The number of carbonyl (C=O) groups excluding carboxylic acids is 3. The number of carboxylic acids is 1. The third-order valence-electron chi connectivity index (χ3n) is 6.17. The van der Waals surface area contributed by atoms with Crippen molar-refractivity contribution < 1.29 is 68.0 Å². The third-order valence-corrected chi connectivity index (χ3v) is 6.17. The third kappa shape index (κ3) is 7.25. The molecule has 3 rings (SSSR count). The van der Waals surface area contributed by atoms with Crippen LogP contribution < -0.4 is 54.2 Å². The summed E-state index contributed by atoms with van der Waals surface area (Å²) in [7, 11) is 4.72. The SMILES string of the molecule is COc1ccc(CN2CCN(C(=O)[C@H](CC(C)C)NC(=O)[C@H]3O[C@@H]3C(=O)[O-])CC2)c(OC)c1OC.[Na+]. The Kier molecular flexibility index (Phi) is 11.3. The van der Waals surface area contributed by atoms with Crippen LogP contribution in [0.5, 0.6) is 17.2 Å². The molecule has 36 heavy (non-hydrogen) atoms. The Bertz CT molecular complexity index is 936. The Morgan fingerprint density at radius 2 is 1.67 bits per heavy atom. The van der Waals surface area contributed by atoms with Gasteiger partial charge >= 0.3 is 29.6 Å². The summed E-state index contributed by atoms with van der Waals surface area (Å²) in [6.45, 7) is 6.81. The van der Waals surface area contributed by atoms with Gasteiger partial charge in [0.1, 0.15) is 12.1 Å². The number of piperazine rings is 1. The van der Waals surface area contributed by atoms with Gasteiger partial charge in [0, 0.05) is 38.3 Å². The largest absolute Gasteiger partial charge is 1.00 e. The van der Waals surface area contributed by atoms with Crippen molar-refractivity contribution in [1.29, 1.82) is 0 Å². The van der Waals surface area contributed by atoms with Gasteiger partial charge in [-0.25, -0.2) is 0 Å².